The van der Waals surface area contributed by atoms with Gasteiger partial charge < -0.3 is 16.0 Å². The predicted molar refractivity (Wildman–Crippen MR) is 109 cm³/mol. The number of aromatic nitrogens is 2. The maximum absolute atomic E-state index is 12.6. The summed E-state index contributed by atoms with van der Waals surface area (Å²) in [7, 11) is 0. The van der Waals surface area contributed by atoms with Crippen molar-refractivity contribution in [1.82, 2.24) is 10.2 Å². The van der Waals surface area contributed by atoms with Crippen molar-refractivity contribution in [2.75, 3.05) is 28.2 Å². The second-order valence-corrected chi connectivity index (χ2v) is 7.58. The highest BCUT2D eigenvalue weighted by Gasteiger charge is 2.15. The van der Waals surface area contributed by atoms with Crippen LogP contribution in [0.15, 0.2) is 35.2 Å². The zero-order valence-corrected chi connectivity index (χ0v) is 16.5. The van der Waals surface area contributed by atoms with E-state index in [-0.39, 0.29) is 23.4 Å². The summed E-state index contributed by atoms with van der Waals surface area (Å²) in [6.07, 6.45) is 1.71. The lowest BCUT2D eigenvalue weighted by Gasteiger charge is -2.11. The molecule has 0 atom stereocenters. The molecule has 0 bridgehead atoms. The Morgan fingerprint density at radius 1 is 1.19 bits per heavy atom. The number of ketones is 1. The molecule has 1 heterocycles. The minimum atomic E-state index is -0.307. The Balaban J connectivity index is 2.09. The van der Waals surface area contributed by atoms with Gasteiger partial charge in [-0.15, -0.1) is 16.8 Å². The molecule has 2 rings (SSSR count). The van der Waals surface area contributed by atoms with Crippen LogP contribution in [-0.2, 0) is 9.59 Å². The Kier molecular flexibility index (Phi) is 7.50. The molecule has 0 aliphatic carbocycles. The van der Waals surface area contributed by atoms with E-state index in [4.69, 9.17) is 0 Å². The number of carbonyl (C=O) groups excluding carboxylic acids is 3. The van der Waals surface area contributed by atoms with E-state index in [1.54, 1.807) is 24.3 Å². The van der Waals surface area contributed by atoms with Crippen molar-refractivity contribution in [3.63, 3.8) is 0 Å². The molecule has 2 amide bonds. The van der Waals surface area contributed by atoms with Gasteiger partial charge in [-0.2, -0.15) is 0 Å². The molecule has 0 fully saturated rings. The molecule has 0 aliphatic heterocycles. The van der Waals surface area contributed by atoms with E-state index >= 15 is 0 Å². The minimum Gasteiger partial charge on any atom is -0.357 e. The van der Waals surface area contributed by atoms with E-state index in [0.717, 1.165) is 0 Å². The Labute approximate surface area is 164 Å². The van der Waals surface area contributed by atoms with Gasteiger partial charge in [0.05, 0.1) is 11.4 Å². The van der Waals surface area contributed by atoms with E-state index in [9.17, 15) is 14.4 Å². The van der Waals surface area contributed by atoms with E-state index in [1.165, 1.54) is 36.9 Å². The quantitative estimate of drug-likeness (QED) is 0.334. The third-order valence-corrected chi connectivity index (χ3v) is 5.10. The monoisotopic (exact) mass is 405 g/mol. The highest BCUT2D eigenvalue weighted by Crippen LogP contribution is 2.28. The topological polar surface area (TPSA) is 113 Å². The first-order valence-electron chi connectivity index (χ1n) is 7.92. The van der Waals surface area contributed by atoms with Crippen LogP contribution in [0.4, 0.5) is 16.5 Å². The summed E-state index contributed by atoms with van der Waals surface area (Å²) >= 11 is 2.61. The fraction of sp³-hybridized carbons (Fsp3) is 0.235. The lowest BCUT2D eigenvalue weighted by atomic mass is 10.1. The molecule has 1 aromatic carbocycles. The average Bonchev–Trinajstić information content (AvgIpc) is 3.05. The highest BCUT2D eigenvalue weighted by atomic mass is 32.2. The normalized spacial score (nSPS) is 10.1. The van der Waals surface area contributed by atoms with Crippen molar-refractivity contribution in [2.24, 2.45) is 0 Å². The Bertz CT molecular complexity index is 866. The van der Waals surface area contributed by atoms with Crippen LogP contribution in [0.5, 0.6) is 0 Å². The smallest absolute Gasteiger partial charge is 0.221 e. The molecule has 0 spiro atoms. The van der Waals surface area contributed by atoms with E-state index in [1.807, 2.05) is 0 Å². The highest BCUT2D eigenvalue weighted by molar-refractivity contribution is 8.01. The van der Waals surface area contributed by atoms with Crippen molar-refractivity contribution in [3.05, 3.63) is 36.4 Å². The number of hydrogen-bond donors (Lipinski definition) is 3. The number of nitrogens with one attached hydrogen (secondary N) is 3. The molecule has 3 N–H and O–H groups in total. The first kappa shape index (κ1) is 20.6. The van der Waals surface area contributed by atoms with E-state index in [0.29, 0.717) is 33.0 Å². The summed E-state index contributed by atoms with van der Waals surface area (Å²) in [5.41, 5.74) is 1.21. The van der Waals surface area contributed by atoms with E-state index in [2.05, 4.69) is 32.7 Å². The molecule has 27 heavy (non-hydrogen) atoms. The van der Waals surface area contributed by atoms with Gasteiger partial charge in [0, 0.05) is 31.6 Å². The summed E-state index contributed by atoms with van der Waals surface area (Å²) < 4.78 is 0.658. The predicted octanol–water partition coefficient (Wildman–Crippen LogP) is 3.03. The number of anilines is 3. The van der Waals surface area contributed by atoms with Crippen LogP contribution >= 0.6 is 23.1 Å². The van der Waals surface area contributed by atoms with Gasteiger partial charge in [-0.05, 0) is 18.2 Å². The van der Waals surface area contributed by atoms with Gasteiger partial charge in [-0.3, -0.25) is 14.4 Å². The van der Waals surface area contributed by atoms with Crippen LogP contribution in [0.3, 0.4) is 0 Å². The number of amides is 2. The number of benzene rings is 1. The first-order valence-corrected chi connectivity index (χ1v) is 9.72. The molecule has 8 nitrogen and oxygen atoms in total. The Morgan fingerprint density at radius 3 is 2.59 bits per heavy atom. The number of carbonyl (C=O) groups is 3. The Morgan fingerprint density at radius 2 is 1.93 bits per heavy atom. The second kappa shape index (κ2) is 9.83. The third-order valence-electron chi connectivity index (χ3n) is 3.08. The van der Waals surface area contributed by atoms with Gasteiger partial charge in [-0.1, -0.05) is 29.2 Å². The van der Waals surface area contributed by atoms with Crippen molar-refractivity contribution in [3.8, 4) is 0 Å². The molecule has 0 radical (unpaired) electrons. The standard InChI is InChI=1S/C17H19N5O3S2/c1-4-7-18-16-21-22-17(27-16)26-9-15(25)13-6-5-12(19-10(2)23)8-14(13)20-11(3)24/h4-6,8H,1,7,9H2,2-3H3,(H,18,21)(H,19,23)(H,20,24). The van der Waals surface area contributed by atoms with Gasteiger partial charge in [0.15, 0.2) is 10.1 Å². The zero-order valence-electron chi connectivity index (χ0n) is 14.9. The Hall–Kier alpha value is -2.72. The summed E-state index contributed by atoms with van der Waals surface area (Å²) in [6.45, 7) is 6.94. The fourth-order valence-corrected chi connectivity index (χ4v) is 3.71. The van der Waals surface area contributed by atoms with Crippen molar-refractivity contribution >= 4 is 57.2 Å². The molecule has 1 aromatic heterocycles. The van der Waals surface area contributed by atoms with Crippen LogP contribution in [0.2, 0.25) is 0 Å². The van der Waals surface area contributed by atoms with Crippen molar-refractivity contribution in [1.29, 1.82) is 0 Å². The maximum Gasteiger partial charge on any atom is 0.221 e. The van der Waals surface area contributed by atoms with Crippen molar-refractivity contribution in [2.45, 2.75) is 18.2 Å². The fourth-order valence-electron chi connectivity index (χ4n) is 2.07. The summed E-state index contributed by atoms with van der Waals surface area (Å²) in [5.74, 6) is -0.578. The number of Topliss-reactive ketones (excluding diaryl/α,β-unsaturated/α-hetero) is 1. The first-order chi connectivity index (χ1) is 12.9. The number of hydrogen-bond acceptors (Lipinski definition) is 8. The minimum absolute atomic E-state index is 0.141. The molecular weight excluding hydrogens is 386 g/mol. The van der Waals surface area contributed by atoms with Gasteiger partial charge in [0.1, 0.15) is 0 Å². The lowest BCUT2D eigenvalue weighted by Crippen LogP contribution is -2.13. The van der Waals surface area contributed by atoms with Gasteiger partial charge in [0.2, 0.25) is 16.9 Å². The van der Waals surface area contributed by atoms with Crippen LogP contribution < -0.4 is 16.0 Å². The number of thioether (sulfide) groups is 1. The van der Waals surface area contributed by atoms with Gasteiger partial charge >= 0.3 is 0 Å². The molecule has 0 saturated heterocycles. The lowest BCUT2D eigenvalue weighted by molar-refractivity contribution is -0.115. The molecule has 0 unspecified atom stereocenters. The molecule has 0 saturated carbocycles. The van der Waals surface area contributed by atoms with Crippen LogP contribution in [-0.4, -0.2) is 40.1 Å². The molecular formula is C17H19N5O3S2. The SMILES string of the molecule is C=CCNc1nnc(SCC(=O)c2ccc(NC(C)=O)cc2NC(C)=O)s1. The van der Waals surface area contributed by atoms with E-state index < -0.39 is 0 Å². The molecule has 0 aliphatic rings. The largest absolute Gasteiger partial charge is 0.357 e. The van der Waals surface area contributed by atoms with Crippen LogP contribution in [0.1, 0.15) is 24.2 Å². The summed E-state index contributed by atoms with van der Waals surface area (Å²) in [6, 6.07) is 4.76. The second-order valence-electron chi connectivity index (χ2n) is 5.38. The summed E-state index contributed by atoms with van der Waals surface area (Å²) in [5, 5.41) is 16.9. The van der Waals surface area contributed by atoms with Crippen LogP contribution in [0, 0.1) is 0 Å². The van der Waals surface area contributed by atoms with Crippen LogP contribution in [0.25, 0.3) is 0 Å². The average molecular weight is 406 g/mol. The molecule has 10 heteroatoms. The van der Waals surface area contributed by atoms with Crippen molar-refractivity contribution < 1.29 is 14.4 Å². The zero-order chi connectivity index (χ0) is 19.8. The number of nitrogens with zero attached hydrogens (tertiary/aromatic N) is 2. The maximum atomic E-state index is 12.6. The number of rotatable bonds is 9. The molecule has 142 valence electrons. The van der Waals surface area contributed by atoms with Gasteiger partial charge in [-0.25, -0.2) is 0 Å². The van der Waals surface area contributed by atoms with Gasteiger partial charge in [0.25, 0.3) is 0 Å². The molecule has 2 aromatic rings. The summed E-state index contributed by atoms with van der Waals surface area (Å²) in [4.78, 5) is 35.2. The third kappa shape index (κ3) is 6.50.